The predicted molar refractivity (Wildman–Crippen MR) is 85.1 cm³/mol. The fourth-order valence-electron chi connectivity index (χ4n) is 1.68. The minimum Gasteiger partial charge on any atom is -0.381 e. The molecular weight excluding hydrogens is 326 g/mol. The van der Waals surface area contributed by atoms with Crippen LogP contribution in [0.15, 0.2) is 34.1 Å². The third-order valence-corrected chi connectivity index (χ3v) is 5.51. The molecule has 0 saturated carbocycles. The molecule has 1 N–H and O–H groups in total. The smallest absolute Gasteiger partial charge is 0.240 e. The third-order valence-electron chi connectivity index (χ3n) is 2.94. The summed E-state index contributed by atoms with van der Waals surface area (Å²) in [5.74, 6) is 0. The molecule has 0 unspecified atom stereocenters. The van der Waals surface area contributed by atoms with Gasteiger partial charge in [-0.15, -0.1) is 0 Å². The Morgan fingerprint density at radius 1 is 1.05 bits per heavy atom. The highest BCUT2D eigenvalue weighted by molar-refractivity contribution is 7.91. The summed E-state index contributed by atoms with van der Waals surface area (Å²) in [5, 5.41) is 0. The number of nitrogens with one attached hydrogen (secondary N) is 1. The standard InChI is InChI=1S/C14H23NO5S2/c1-3-4-10-20-11-6-9-15-22(18,19)14-8-5-7-13(12-14)21(2,16)17/h5,7-8,12,15H,3-4,6,9-11H2,1-2H3. The Morgan fingerprint density at radius 3 is 2.32 bits per heavy atom. The zero-order chi connectivity index (χ0) is 16.6. The van der Waals surface area contributed by atoms with Crippen LogP contribution >= 0.6 is 0 Å². The molecule has 126 valence electrons. The van der Waals surface area contributed by atoms with E-state index < -0.39 is 19.9 Å². The molecule has 1 rings (SSSR count). The van der Waals surface area contributed by atoms with Crippen LogP contribution in [0, 0.1) is 0 Å². The van der Waals surface area contributed by atoms with Crippen LogP contribution in [-0.2, 0) is 24.6 Å². The SMILES string of the molecule is CCCCOCCCNS(=O)(=O)c1cccc(S(C)(=O)=O)c1. The van der Waals surface area contributed by atoms with Crippen LogP contribution in [0.25, 0.3) is 0 Å². The third kappa shape index (κ3) is 6.43. The molecule has 0 aliphatic carbocycles. The Bertz CT molecular complexity index is 668. The van der Waals surface area contributed by atoms with Crippen molar-refractivity contribution in [1.29, 1.82) is 0 Å². The Labute approximate surface area is 132 Å². The summed E-state index contributed by atoms with van der Waals surface area (Å²) in [6.45, 7) is 3.49. The van der Waals surface area contributed by atoms with Crippen LogP contribution in [-0.4, -0.2) is 42.8 Å². The van der Waals surface area contributed by atoms with Crippen molar-refractivity contribution in [2.75, 3.05) is 26.0 Å². The van der Waals surface area contributed by atoms with Gasteiger partial charge in [-0.3, -0.25) is 0 Å². The fraction of sp³-hybridized carbons (Fsp3) is 0.571. The second kappa shape index (κ2) is 8.61. The molecule has 0 radical (unpaired) electrons. The van der Waals surface area contributed by atoms with E-state index in [4.69, 9.17) is 4.74 Å². The summed E-state index contributed by atoms with van der Waals surface area (Å²) in [7, 11) is -7.15. The summed E-state index contributed by atoms with van der Waals surface area (Å²) in [6.07, 6.45) is 3.65. The Kier molecular flexibility index (Phi) is 7.47. The molecule has 0 atom stereocenters. The molecule has 8 heteroatoms. The van der Waals surface area contributed by atoms with E-state index in [9.17, 15) is 16.8 Å². The lowest BCUT2D eigenvalue weighted by atomic mass is 10.4. The van der Waals surface area contributed by atoms with Crippen molar-refractivity contribution in [2.24, 2.45) is 0 Å². The van der Waals surface area contributed by atoms with Gasteiger partial charge in [-0.25, -0.2) is 21.6 Å². The van der Waals surface area contributed by atoms with Gasteiger partial charge in [-0.2, -0.15) is 0 Å². The van der Waals surface area contributed by atoms with Gasteiger partial charge in [0.1, 0.15) is 0 Å². The first-order valence-electron chi connectivity index (χ1n) is 7.15. The number of benzene rings is 1. The second-order valence-corrected chi connectivity index (χ2v) is 8.75. The predicted octanol–water partition coefficient (Wildman–Crippen LogP) is 1.58. The van der Waals surface area contributed by atoms with Crippen LogP contribution in [0.3, 0.4) is 0 Å². The van der Waals surface area contributed by atoms with Crippen molar-refractivity contribution in [2.45, 2.75) is 36.0 Å². The van der Waals surface area contributed by atoms with Crippen LogP contribution in [0.5, 0.6) is 0 Å². The van der Waals surface area contributed by atoms with E-state index >= 15 is 0 Å². The van der Waals surface area contributed by atoms with Gasteiger partial charge in [0.15, 0.2) is 9.84 Å². The van der Waals surface area contributed by atoms with Gasteiger partial charge >= 0.3 is 0 Å². The van der Waals surface area contributed by atoms with Gasteiger partial charge < -0.3 is 4.74 Å². The van der Waals surface area contributed by atoms with Crippen LogP contribution in [0.2, 0.25) is 0 Å². The minimum absolute atomic E-state index is 0.0155. The molecule has 0 aliphatic heterocycles. The van der Waals surface area contributed by atoms with Crippen molar-refractivity contribution in [1.82, 2.24) is 4.72 Å². The summed E-state index contributed by atoms with van der Waals surface area (Å²) in [6, 6.07) is 5.32. The largest absolute Gasteiger partial charge is 0.381 e. The first-order valence-corrected chi connectivity index (χ1v) is 10.5. The molecule has 1 aromatic rings. The highest BCUT2D eigenvalue weighted by Crippen LogP contribution is 2.15. The zero-order valence-corrected chi connectivity index (χ0v) is 14.5. The van der Waals surface area contributed by atoms with Crippen LogP contribution in [0.1, 0.15) is 26.2 Å². The molecule has 6 nitrogen and oxygen atoms in total. The summed E-state index contributed by atoms with van der Waals surface area (Å²) in [4.78, 5) is -0.0689. The van der Waals surface area contributed by atoms with Crippen molar-refractivity contribution >= 4 is 19.9 Å². The zero-order valence-electron chi connectivity index (χ0n) is 12.9. The maximum atomic E-state index is 12.1. The number of hydrogen-bond acceptors (Lipinski definition) is 5. The number of sulfonamides is 1. The Morgan fingerprint density at radius 2 is 1.68 bits per heavy atom. The first kappa shape index (κ1) is 19.1. The average Bonchev–Trinajstić information content (AvgIpc) is 2.45. The molecule has 0 heterocycles. The quantitative estimate of drug-likeness (QED) is 0.648. The van der Waals surface area contributed by atoms with Gasteiger partial charge in [0.05, 0.1) is 9.79 Å². The Balaban J connectivity index is 2.57. The highest BCUT2D eigenvalue weighted by Gasteiger charge is 2.16. The van der Waals surface area contributed by atoms with Crippen LogP contribution < -0.4 is 4.72 Å². The maximum absolute atomic E-state index is 12.1. The fourth-order valence-corrected chi connectivity index (χ4v) is 3.55. The molecule has 22 heavy (non-hydrogen) atoms. The minimum atomic E-state index is -3.71. The highest BCUT2D eigenvalue weighted by atomic mass is 32.2. The maximum Gasteiger partial charge on any atom is 0.240 e. The summed E-state index contributed by atoms with van der Waals surface area (Å²) >= 11 is 0. The van der Waals surface area contributed by atoms with Gasteiger partial charge in [-0.1, -0.05) is 19.4 Å². The van der Waals surface area contributed by atoms with E-state index in [1.54, 1.807) is 0 Å². The summed E-state index contributed by atoms with van der Waals surface area (Å²) in [5.41, 5.74) is 0. The van der Waals surface area contributed by atoms with Gasteiger partial charge in [0.2, 0.25) is 10.0 Å². The topological polar surface area (TPSA) is 89.5 Å². The van der Waals surface area contributed by atoms with Gasteiger partial charge in [0.25, 0.3) is 0 Å². The molecule has 0 spiro atoms. The number of sulfone groups is 1. The van der Waals surface area contributed by atoms with Crippen molar-refractivity contribution in [3.8, 4) is 0 Å². The molecular formula is C14H23NO5S2. The summed E-state index contributed by atoms with van der Waals surface area (Å²) < 4.78 is 54.9. The molecule has 1 aromatic carbocycles. The Hall–Kier alpha value is -0.960. The lowest BCUT2D eigenvalue weighted by Gasteiger charge is -2.08. The van der Waals surface area contributed by atoms with E-state index in [0.29, 0.717) is 19.6 Å². The first-order chi connectivity index (χ1) is 10.3. The molecule has 0 amide bonds. The lowest BCUT2D eigenvalue weighted by Crippen LogP contribution is -2.25. The molecule has 0 aromatic heterocycles. The van der Waals surface area contributed by atoms with Gasteiger partial charge in [-0.05, 0) is 31.0 Å². The lowest BCUT2D eigenvalue weighted by molar-refractivity contribution is 0.130. The molecule has 0 saturated heterocycles. The number of rotatable bonds is 10. The van der Waals surface area contributed by atoms with Crippen LogP contribution in [0.4, 0.5) is 0 Å². The molecule has 0 bridgehead atoms. The van der Waals surface area contributed by atoms with Crippen molar-refractivity contribution in [3.05, 3.63) is 24.3 Å². The van der Waals surface area contributed by atoms with E-state index in [2.05, 4.69) is 11.6 Å². The molecule has 0 aliphatic rings. The van der Waals surface area contributed by atoms with Crippen molar-refractivity contribution in [3.63, 3.8) is 0 Å². The average molecular weight is 349 g/mol. The number of unbranched alkanes of at least 4 members (excludes halogenated alkanes) is 1. The van der Waals surface area contributed by atoms with E-state index in [0.717, 1.165) is 25.2 Å². The monoisotopic (exact) mass is 349 g/mol. The van der Waals surface area contributed by atoms with E-state index in [-0.39, 0.29) is 16.3 Å². The van der Waals surface area contributed by atoms with Gasteiger partial charge in [0, 0.05) is 26.0 Å². The number of hydrogen-bond donors (Lipinski definition) is 1. The van der Waals surface area contributed by atoms with E-state index in [1.165, 1.54) is 18.2 Å². The normalized spacial score (nSPS) is 12.5. The van der Waals surface area contributed by atoms with E-state index in [1.807, 2.05) is 0 Å². The molecule has 0 fully saturated rings. The van der Waals surface area contributed by atoms with Crippen molar-refractivity contribution < 1.29 is 21.6 Å². The number of ether oxygens (including phenoxy) is 1. The second-order valence-electron chi connectivity index (χ2n) is 4.96.